The molecule has 0 unspecified atom stereocenters. The molecule has 0 saturated carbocycles. The molecule has 0 aliphatic carbocycles. The Morgan fingerprint density at radius 3 is 2.58 bits per heavy atom. The zero-order valence-electron chi connectivity index (χ0n) is 13.1. The minimum atomic E-state index is -0.841. The van der Waals surface area contributed by atoms with Crippen LogP contribution in [0.2, 0.25) is 0 Å². The summed E-state index contributed by atoms with van der Waals surface area (Å²) in [5.41, 5.74) is 3.08. The maximum Gasteiger partial charge on any atom is 0.303 e. The van der Waals surface area contributed by atoms with Crippen molar-refractivity contribution in [3.63, 3.8) is 0 Å². The van der Waals surface area contributed by atoms with Crippen LogP contribution in [-0.2, 0) is 17.8 Å². The van der Waals surface area contributed by atoms with Crippen molar-refractivity contribution >= 4 is 18.1 Å². The summed E-state index contributed by atoms with van der Waals surface area (Å²) < 4.78 is 0. The Hall–Kier alpha value is -3.15. The summed E-state index contributed by atoms with van der Waals surface area (Å²) in [5.74, 6) is 4.06. The molecule has 0 saturated heterocycles. The smallest absolute Gasteiger partial charge is 0.303 e. The van der Waals surface area contributed by atoms with E-state index in [1.807, 2.05) is 24.3 Å². The minimum Gasteiger partial charge on any atom is -0.481 e. The van der Waals surface area contributed by atoms with Gasteiger partial charge in [0, 0.05) is 18.5 Å². The fraction of sp³-hybridized carbons (Fsp3) is 0.167. The van der Waals surface area contributed by atoms with Crippen LogP contribution in [0.5, 0.6) is 0 Å². The molecule has 0 fully saturated rings. The molecular formula is C18H19N3O3. The fourth-order valence-electron chi connectivity index (χ4n) is 2.34. The van der Waals surface area contributed by atoms with Gasteiger partial charge in [-0.1, -0.05) is 36.4 Å². The lowest BCUT2D eigenvalue weighted by Gasteiger charge is -2.10. The highest BCUT2D eigenvalue weighted by atomic mass is 16.4. The van der Waals surface area contributed by atoms with Crippen LogP contribution in [0.1, 0.15) is 33.5 Å². The number of hydrogen-bond acceptors (Lipinski definition) is 4. The number of nitrogens with one attached hydrogen (secondary N) is 1. The van der Waals surface area contributed by atoms with Gasteiger partial charge in [0.1, 0.15) is 0 Å². The van der Waals surface area contributed by atoms with Crippen LogP contribution in [0, 0.1) is 0 Å². The van der Waals surface area contributed by atoms with Crippen LogP contribution in [0.4, 0.5) is 0 Å². The monoisotopic (exact) mass is 325 g/mol. The van der Waals surface area contributed by atoms with E-state index in [0.717, 1.165) is 16.7 Å². The van der Waals surface area contributed by atoms with Crippen LogP contribution in [0.3, 0.4) is 0 Å². The molecule has 6 nitrogen and oxygen atoms in total. The molecule has 2 rings (SSSR count). The first-order valence-electron chi connectivity index (χ1n) is 7.50. The van der Waals surface area contributed by atoms with Crippen LogP contribution in [0.25, 0.3) is 0 Å². The number of carbonyl (C=O) groups excluding carboxylic acids is 1. The molecule has 6 heteroatoms. The molecule has 2 aromatic carbocycles. The van der Waals surface area contributed by atoms with Crippen molar-refractivity contribution in [3.05, 3.63) is 70.8 Å². The van der Waals surface area contributed by atoms with Crippen molar-refractivity contribution in [2.75, 3.05) is 0 Å². The Morgan fingerprint density at radius 1 is 1.12 bits per heavy atom. The molecule has 0 radical (unpaired) electrons. The molecule has 2 aromatic rings. The van der Waals surface area contributed by atoms with Gasteiger partial charge < -0.3 is 16.3 Å². The molecule has 24 heavy (non-hydrogen) atoms. The van der Waals surface area contributed by atoms with E-state index in [-0.39, 0.29) is 12.3 Å². The van der Waals surface area contributed by atoms with E-state index in [1.165, 1.54) is 6.21 Å². The maximum absolute atomic E-state index is 12.3. The number of benzene rings is 2. The number of carboxylic acids is 1. The summed E-state index contributed by atoms with van der Waals surface area (Å²) in [7, 11) is 0. The first-order valence-corrected chi connectivity index (χ1v) is 7.50. The summed E-state index contributed by atoms with van der Waals surface area (Å²) in [5, 5.41) is 15.1. The number of aryl methyl sites for hydroxylation is 1. The minimum absolute atomic E-state index is 0.0609. The van der Waals surface area contributed by atoms with E-state index in [9.17, 15) is 9.59 Å². The van der Waals surface area contributed by atoms with Gasteiger partial charge in [-0.15, -0.1) is 0 Å². The van der Waals surface area contributed by atoms with Crippen molar-refractivity contribution in [3.8, 4) is 0 Å². The summed E-state index contributed by atoms with van der Waals surface area (Å²) >= 11 is 0. The van der Waals surface area contributed by atoms with Crippen molar-refractivity contribution < 1.29 is 14.7 Å². The molecule has 124 valence electrons. The van der Waals surface area contributed by atoms with Gasteiger partial charge in [-0.05, 0) is 35.2 Å². The van der Waals surface area contributed by atoms with Crippen LogP contribution in [-0.4, -0.2) is 23.2 Å². The maximum atomic E-state index is 12.3. The van der Waals surface area contributed by atoms with Gasteiger partial charge in [-0.25, -0.2) is 0 Å². The lowest BCUT2D eigenvalue weighted by Crippen LogP contribution is -2.23. The molecule has 1 amide bonds. The Morgan fingerprint density at radius 2 is 1.88 bits per heavy atom. The number of aliphatic carboxylic acids is 1. The van der Waals surface area contributed by atoms with Crippen LogP contribution >= 0.6 is 0 Å². The van der Waals surface area contributed by atoms with Gasteiger partial charge in [-0.3, -0.25) is 9.59 Å². The average Bonchev–Trinajstić information content (AvgIpc) is 2.59. The number of hydrogen-bond donors (Lipinski definition) is 3. The summed E-state index contributed by atoms with van der Waals surface area (Å²) in [6.45, 7) is 0.337. The largest absolute Gasteiger partial charge is 0.481 e. The number of carbonyl (C=O) groups is 2. The summed E-state index contributed by atoms with van der Waals surface area (Å²) in [4.78, 5) is 23.0. The molecule has 0 aliphatic rings. The Balaban J connectivity index is 2.04. The van der Waals surface area contributed by atoms with E-state index in [4.69, 9.17) is 10.9 Å². The molecule has 0 spiro atoms. The molecule has 4 N–H and O–H groups in total. The highest BCUT2D eigenvalue weighted by Crippen LogP contribution is 2.12. The predicted molar refractivity (Wildman–Crippen MR) is 91.8 cm³/mol. The lowest BCUT2D eigenvalue weighted by atomic mass is 10.0. The van der Waals surface area contributed by atoms with Crippen molar-refractivity contribution in [1.82, 2.24) is 5.32 Å². The highest BCUT2D eigenvalue weighted by molar-refractivity contribution is 5.96. The fourth-order valence-corrected chi connectivity index (χ4v) is 2.34. The molecule has 0 aromatic heterocycles. The first kappa shape index (κ1) is 17.2. The van der Waals surface area contributed by atoms with Gasteiger partial charge in [-0.2, -0.15) is 5.10 Å². The third-order valence-electron chi connectivity index (χ3n) is 3.54. The molecule has 0 heterocycles. The normalized spacial score (nSPS) is 10.7. The van der Waals surface area contributed by atoms with E-state index in [2.05, 4.69) is 10.4 Å². The van der Waals surface area contributed by atoms with E-state index in [1.54, 1.807) is 24.3 Å². The Kier molecular flexibility index (Phi) is 6.08. The highest BCUT2D eigenvalue weighted by Gasteiger charge is 2.08. The average molecular weight is 325 g/mol. The number of rotatable bonds is 7. The van der Waals surface area contributed by atoms with Gasteiger partial charge in [0.2, 0.25) is 0 Å². The Labute approximate surface area is 140 Å². The van der Waals surface area contributed by atoms with Crippen molar-refractivity contribution in [2.45, 2.75) is 19.4 Å². The standard InChI is InChI=1S/C18H19N3O3/c19-21-11-13-4-3-7-15(10-13)18(24)20-12-16-6-2-1-5-14(16)8-9-17(22)23/h1-7,10-11H,8-9,12,19H2,(H,20,24)(H,22,23). The second-order valence-electron chi connectivity index (χ2n) is 5.25. The zero-order chi connectivity index (χ0) is 17.4. The lowest BCUT2D eigenvalue weighted by molar-refractivity contribution is -0.136. The number of nitrogens with zero attached hydrogens (tertiary/aromatic N) is 1. The number of hydrazone groups is 1. The number of carboxylic acid groups (broad SMARTS) is 1. The topological polar surface area (TPSA) is 105 Å². The van der Waals surface area contributed by atoms with Crippen LogP contribution < -0.4 is 11.2 Å². The van der Waals surface area contributed by atoms with Gasteiger partial charge in [0.05, 0.1) is 6.21 Å². The van der Waals surface area contributed by atoms with Crippen molar-refractivity contribution in [2.24, 2.45) is 10.9 Å². The van der Waals surface area contributed by atoms with E-state index < -0.39 is 5.97 Å². The van der Waals surface area contributed by atoms with E-state index >= 15 is 0 Å². The quantitative estimate of drug-likeness (QED) is 0.411. The molecule has 0 atom stereocenters. The molecular weight excluding hydrogens is 306 g/mol. The predicted octanol–water partition coefficient (Wildman–Crippen LogP) is 1.93. The second-order valence-corrected chi connectivity index (χ2v) is 5.25. The molecule has 0 bridgehead atoms. The summed E-state index contributed by atoms with van der Waals surface area (Å²) in [6.07, 6.45) is 1.97. The number of nitrogens with two attached hydrogens (primary N) is 1. The second kappa shape index (κ2) is 8.47. The molecule has 0 aliphatic heterocycles. The Bertz CT molecular complexity index is 757. The first-order chi connectivity index (χ1) is 11.6. The SMILES string of the molecule is NN=Cc1cccc(C(=O)NCc2ccccc2CCC(=O)O)c1. The van der Waals surface area contributed by atoms with Gasteiger partial charge >= 0.3 is 5.97 Å². The summed E-state index contributed by atoms with van der Waals surface area (Å²) in [6, 6.07) is 14.4. The number of amides is 1. The third kappa shape index (κ3) is 4.95. The van der Waals surface area contributed by atoms with E-state index in [0.29, 0.717) is 18.5 Å². The van der Waals surface area contributed by atoms with Crippen molar-refractivity contribution in [1.29, 1.82) is 0 Å². The van der Waals surface area contributed by atoms with Gasteiger partial charge in [0.25, 0.3) is 5.91 Å². The van der Waals surface area contributed by atoms with Crippen LogP contribution in [0.15, 0.2) is 53.6 Å². The third-order valence-corrected chi connectivity index (χ3v) is 3.54. The van der Waals surface area contributed by atoms with Gasteiger partial charge in [0.15, 0.2) is 0 Å². The zero-order valence-corrected chi connectivity index (χ0v) is 13.1.